The topological polar surface area (TPSA) is 46.2 Å². The quantitative estimate of drug-likeness (QED) is 0.897. The van der Waals surface area contributed by atoms with Crippen LogP contribution in [0.15, 0.2) is 47.4 Å². The van der Waals surface area contributed by atoms with E-state index in [0.717, 1.165) is 5.56 Å². The van der Waals surface area contributed by atoms with Gasteiger partial charge < -0.3 is 0 Å². The highest BCUT2D eigenvalue weighted by Crippen LogP contribution is 2.27. The summed E-state index contributed by atoms with van der Waals surface area (Å²) >= 11 is 11.9. The summed E-state index contributed by atoms with van der Waals surface area (Å²) in [5.41, 5.74) is 1.68. The van der Waals surface area contributed by atoms with Gasteiger partial charge in [0.1, 0.15) is 0 Å². The van der Waals surface area contributed by atoms with Crippen molar-refractivity contribution >= 4 is 33.2 Å². The molecule has 1 unspecified atom stereocenters. The fourth-order valence-electron chi connectivity index (χ4n) is 1.93. The van der Waals surface area contributed by atoms with Crippen LogP contribution in [0.2, 0.25) is 10.0 Å². The molecule has 0 bridgehead atoms. The van der Waals surface area contributed by atoms with Gasteiger partial charge in [0.15, 0.2) is 0 Å². The van der Waals surface area contributed by atoms with Gasteiger partial charge in [0, 0.05) is 16.1 Å². The highest BCUT2D eigenvalue weighted by Gasteiger charge is 2.19. The van der Waals surface area contributed by atoms with E-state index in [-0.39, 0.29) is 4.90 Å². The summed E-state index contributed by atoms with van der Waals surface area (Å²) in [6.45, 7) is 3.64. The third-order valence-electron chi connectivity index (χ3n) is 3.09. The molecule has 0 amide bonds. The first-order valence-corrected chi connectivity index (χ1v) is 8.57. The van der Waals surface area contributed by atoms with Crippen molar-refractivity contribution in [3.8, 4) is 0 Å². The molecule has 21 heavy (non-hydrogen) atoms. The fourth-order valence-corrected chi connectivity index (χ4v) is 3.73. The maximum absolute atomic E-state index is 12.3. The van der Waals surface area contributed by atoms with Crippen molar-refractivity contribution in [1.82, 2.24) is 4.72 Å². The van der Waals surface area contributed by atoms with Gasteiger partial charge in [0.2, 0.25) is 10.0 Å². The van der Waals surface area contributed by atoms with Crippen molar-refractivity contribution in [3.63, 3.8) is 0 Å². The normalized spacial score (nSPS) is 13.1. The summed E-state index contributed by atoms with van der Waals surface area (Å²) in [6, 6.07) is 11.2. The largest absolute Gasteiger partial charge is 0.241 e. The van der Waals surface area contributed by atoms with E-state index in [1.165, 1.54) is 0 Å². The van der Waals surface area contributed by atoms with Gasteiger partial charge in [-0.25, -0.2) is 13.1 Å². The van der Waals surface area contributed by atoms with Gasteiger partial charge in [-0.05, 0) is 43.7 Å². The van der Waals surface area contributed by atoms with Crippen LogP contribution in [0.25, 0.3) is 0 Å². The van der Waals surface area contributed by atoms with Crippen LogP contribution in [0.4, 0.5) is 0 Å². The Bertz CT molecular complexity index is 743. The lowest BCUT2D eigenvalue weighted by molar-refractivity contribution is 0.567. The minimum absolute atomic E-state index is 0.227. The van der Waals surface area contributed by atoms with Crippen LogP contribution < -0.4 is 4.72 Å². The van der Waals surface area contributed by atoms with Crippen LogP contribution in [0.5, 0.6) is 0 Å². The Labute approximate surface area is 135 Å². The lowest BCUT2D eigenvalue weighted by Crippen LogP contribution is -2.27. The maximum Gasteiger partial charge on any atom is 0.241 e. The molecule has 0 aliphatic heterocycles. The van der Waals surface area contributed by atoms with Crippen LogP contribution in [0.1, 0.15) is 24.1 Å². The molecule has 0 radical (unpaired) electrons. The van der Waals surface area contributed by atoms with Crippen molar-refractivity contribution in [1.29, 1.82) is 0 Å². The first-order valence-electron chi connectivity index (χ1n) is 6.33. The number of nitrogens with one attached hydrogen (secondary N) is 1. The van der Waals surface area contributed by atoms with Crippen molar-refractivity contribution in [3.05, 3.63) is 63.6 Å². The Kier molecular flexibility index (Phi) is 4.94. The van der Waals surface area contributed by atoms with E-state index in [1.807, 2.05) is 6.92 Å². The van der Waals surface area contributed by atoms with E-state index in [1.54, 1.807) is 49.4 Å². The van der Waals surface area contributed by atoms with E-state index in [9.17, 15) is 8.42 Å². The zero-order valence-electron chi connectivity index (χ0n) is 11.6. The lowest BCUT2D eigenvalue weighted by Gasteiger charge is -2.16. The van der Waals surface area contributed by atoms with Gasteiger partial charge in [0.05, 0.1) is 4.90 Å². The van der Waals surface area contributed by atoms with Gasteiger partial charge in [-0.15, -0.1) is 0 Å². The van der Waals surface area contributed by atoms with Gasteiger partial charge in [-0.3, -0.25) is 0 Å². The number of hydrogen-bond acceptors (Lipinski definition) is 2. The average molecular weight is 344 g/mol. The van der Waals surface area contributed by atoms with Crippen molar-refractivity contribution < 1.29 is 8.42 Å². The molecule has 0 fully saturated rings. The number of hydrogen-bond donors (Lipinski definition) is 1. The van der Waals surface area contributed by atoms with Crippen LogP contribution in [-0.4, -0.2) is 8.42 Å². The average Bonchev–Trinajstić information content (AvgIpc) is 2.38. The highest BCUT2D eigenvalue weighted by molar-refractivity contribution is 7.89. The van der Waals surface area contributed by atoms with E-state index in [2.05, 4.69) is 4.72 Å². The first-order chi connectivity index (χ1) is 9.79. The fraction of sp³-hybridized carbons (Fsp3) is 0.200. The summed E-state index contributed by atoms with van der Waals surface area (Å²) < 4.78 is 27.3. The molecule has 2 rings (SSSR count). The predicted molar refractivity (Wildman–Crippen MR) is 86.4 cm³/mol. The first kappa shape index (κ1) is 16.3. The van der Waals surface area contributed by atoms with Crippen LogP contribution in [-0.2, 0) is 10.0 Å². The third kappa shape index (κ3) is 3.98. The molecule has 3 nitrogen and oxygen atoms in total. The second kappa shape index (κ2) is 6.36. The highest BCUT2D eigenvalue weighted by atomic mass is 35.5. The van der Waals surface area contributed by atoms with Crippen molar-refractivity contribution in [2.45, 2.75) is 24.8 Å². The number of sulfonamides is 1. The molecule has 2 aromatic carbocycles. The molecule has 0 heterocycles. The van der Waals surface area contributed by atoms with Crippen molar-refractivity contribution in [2.24, 2.45) is 0 Å². The second-order valence-electron chi connectivity index (χ2n) is 4.82. The Balaban J connectivity index is 2.25. The Morgan fingerprint density at radius 2 is 1.67 bits per heavy atom. The predicted octanol–water partition coefficient (Wildman–Crippen LogP) is 4.34. The molecule has 6 heteroatoms. The van der Waals surface area contributed by atoms with E-state index in [0.29, 0.717) is 15.6 Å². The SMILES string of the molecule is Cc1ccc(S(=O)(=O)NC(C)c2ccc(Cl)cc2Cl)cc1. The second-order valence-corrected chi connectivity index (χ2v) is 7.38. The van der Waals surface area contributed by atoms with Crippen molar-refractivity contribution in [2.75, 3.05) is 0 Å². The minimum atomic E-state index is -3.59. The molecule has 0 aliphatic carbocycles. The number of benzene rings is 2. The smallest absolute Gasteiger partial charge is 0.207 e. The minimum Gasteiger partial charge on any atom is -0.207 e. The van der Waals surface area contributed by atoms with Gasteiger partial charge in [0.25, 0.3) is 0 Å². The monoisotopic (exact) mass is 343 g/mol. The molecule has 112 valence electrons. The summed E-state index contributed by atoms with van der Waals surface area (Å²) in [6.07, 6.45) is 0. The van der Waals surface area contributed by atoms with Crippen LogP contribution >= 0.6 is 23.2 Å². The Hall–Kier alpha value is -1.07. The summed E-state index contributed by atoms with van der Waals surface area (Å²) in [5.74, 6) is 0. The van der Waals surface area contributed by atoms with Gasteiger partial charge >= 0.3 is 0 Å². The van der Waals surface area contributed by atoms with Crippen LogP contribution in [0, 0.1) is 6.92 Å². The van der Waals surface area contributed by atoms with Gasteiger partial charge in [-0.1, -0.05) is 47.0 Å². The molecular weight excluding hydrogens is 329 g/mol. The lowest BCUT2D eigenvalue weighted by atomic mass is 10.1. The molecule has 0 aliphatic rings. The van der Waals surface area contributed by atoms with Gasteiger partial charge in [-0.2, -0.15) is 0 Å². The third-order valence-corrected chi connectivity index (χ3v) is 5.21. The number of aryl methyl sites for hydroxylation is 1. The van der Waals surface area contributed by atoms with E-state index < -0.39 is 16.1 Å². The molecule has 0 saturated carbocycles. The Morgan fingerprint density at radius 3 is 2.24 bits per heavy atom. The molecule has 0 spiro atoms. The molecule has 1 atom stereocenters. The summed E-state index contributed by atoms with van der Waals surface area (Å²) in [4.78, 5) is 0.227. The zero-order chi connectivity index (χ0) is 15.6. The Morgan fingerprint density at radius 1 is 1.05 bits per heavy atom. The summed E-state index contributed by atoms with van der Waals surface area (Å²) in [7, 11) is -3.59. The number of halogens is 2. The van der Waals surface area contributed by atoms with E-state index >= 15 is 0 Å². The molecule has 2 aromatic rings. The molecule has 1 N–H and O–H groups in total. The molecular formula is C15H15Cl2NO2S. The zero-order valence-corrected chi connectivity index (χ0v) is 13.9. The maximum atomic E-state index is 12.3. The van der Waals surface area contributed by atoms with E-state index in [4.69, 9.17) is 23.2 Å². The summed E-state index contributed by atoms with van der Waals surface area (Å²) in [5, 5.41) is 0.943. The number of rotatable bonds is 4. The molecule has 0 saturated heterocycles. The standard InChI is InChI=1S/C15H15Cl2NO2S/c1-10-3-6-13(7-4-10)21(19,20)18-11(2)14-8-5-12(16)9-15(14)17/h3-9,11,18H,1-2H3. The molecule has 0 aromatic heterocycles. The van der Waals surface area contributed by atoms with Crippen LogP contribution in [0.3, 0.4) is 0 Å².